The van der Waals surface area contributed by atoms with Crippen molar-refractivity contribution in [1.82, 2.24) is 10.2 Å². The highest BCUT2D eigenvalue weighted by Gasteiger charge is 2.34. The van der Waals surface area contributed by atoms with Crippen LogP contribution in [0.15, 0.2) is 65.6 Å². The molecule has 0 heterocycles. The monoisotopic (exact) mass is 657 g/mol. The first kappa shape index (κ1) is 33.0. The number of aryl methyl sites for hydroxylation is 1. The van der Waals surface area contributed by atoms with Crippen molar-refractivity contribution in [1.29, 1.82) is 0 Å². The van der Waals surface area contributed by atoms with Gasteiger partial charge in [-0.05, 0) is 62.2 Å². The van der Waals surface area contributed by atoms with Crippen molar-refractivity contribution in [2.45, 2.75) is 51.1 Å². The summed E-state index contributed by atoms with van der Waals surface area (Å²) in [6.07, 6.45) is 0.965. The van der Waals surface area contributed by atoms with Gasteiger partial charge in [0, 0.05) is 28.7 Å². The standard InChI is InChI=1S/C29H31Cl4N3O4S/c1-4-15-34-29(38)27(5-2)35(17-22-23(30)7-6-8-24(22)31)28(37)18-36(20-11-14-25(32)26(33)16-20)41(39,40)21-12-9-19(3)10-13-21/h6-14,16,27H,4-5,15,17-18H2,1-3H3,(H,34,38)/t27-/m0/s1. The van der Waals surface area contributed by atoms with Crippen molar-refractivity contribution in [3.05, 3.63) is 91.9 Å². The van der Waals surface area contributed by atoms with Gasteiger partial charge in [0.15, 0.2) is 0 Å². The van der Waals surface area contributed by atoms with Crippen LogP contribution in [0.5, 0.6) is 0 Å². The largest absolute Gasteiger partial charge is 0.354 e. The Labute approximate surface area is 261 Å². The van der Waals surface area contributed by atoms with Gasteiger partial charge in [-0.15, -0.1) is 0 Å². The molecular weight excluding hydrogens is 628 g/mol. The van der Waals surface area contributed by atoms with Crippen LogP contribution in [0.3, 0.4) is 0 Å². The molecule has 41 heavy (non-hydrogen) atoms. The summed E-state index contributed by atoms with van der Waals surface area (Å²) >= 11 is 25.2. The van der Waals surface area contributed by atoms with Gasteiger partial charge in [0.1, 0.15) is 12.6 Å². The van der Waals surface area contributed by atoms with Gasteiger partial charge in [0.2, 0.25) is 11.8 Å². The molecule has 1 N–H and O–H groups in total. The topological polar surface area (TPSA) is 86.8 Å². The third-order valence-electron chi connectivity index (χ3n) is 6.40. The van der Waals surface area contributed by atoms with Crippen molar-refractivity contribution < 1.29 is 18.0 Å². The zero-order valence-corrected chi connectivity index (χ0v) is 26.7. The summed E-state index contributed by atoms with van der Waals surface area (Å²) in [6.45, 7) is 5.19. The third-order valence-corrected chi connectivity index (χ3v) is 9.64. The molecule has 0 bridgehead atoms. The highest BCUT2D eigenvalue weighted by Crippen LogP contribution is 2.32. The summed E-state index contributed by atoms with van der Waals surface area (Å²) < 4.78 is 28.8. The van der Waals surface area contributed by atoms with Gasteiger partial charge in [-0.1, -0.05) is 84.0 Å². The van der Waals surface area contributed by atoms with Gasteiger partial charge in [-0.3, -0.25) is 13.9 Å². The molecule has 0 saturated carbocycles. The van der Waals surface area contributed by atoms with E-state index in [-0.39, 0.29) is 39.5 Å². The molecular formula is C29H31Cl4N3O4S. The molecule has 0 aliphatic carbocycles. The summed E-state index contributed by atoms with van der Waals surface area (Å²) in [4.78, 5) is 28.6. The van der Waals surface area contributed by atoms with E-state index in [1.807, 2.05) is 13.8 Å². The minimum atomic E-state index is -4.25. The third kappa shape index (κ3) is 8.08. The fourth-order valence-corrected chi connectivity index (χ4v) is 6.36. The molecule has 3 rings (SSSR count). The van der Waals surface area contributed by atoms with E-state index in [1.54, 1.807) is 37.3 Å². The number of carbonyl (C=O) groups excluding carboxylic acids is 2. The lowest BCUT2D eigenvalue weighted by atomic mass is 10.1. The number of nitrogens with zero attached hydrogens (tertiary/aromatic N) is 2. The molecule has 0 aliphatic rings. The van der Waals surface area contributed by atoms with E-state index in [4.69, 9.17) is 46.4 Å². The van der Waals surface area contributed by atoms with E-state index in [0.29, 0.717) is 28.6 Å². The van der Waals surface area contributed by atoms with Crippen LogP contribution in [0.2, 0.25) is 20.1 Å². The quantitative estimate of drug-likeness (QED) is 0.224. The second-order valence-corrected chi connectivity index (χ2v) is 12.9. The Morgan fingerprint density at radius 2 is 1.51 bits per heavy atom. The van der Waals surface area contributed by atoms with Crippen molar-refractivity contribution in [2.75, 3.05) is 17.4 Å². The lowest BCUT2D eigenvalue weighted by Crippen LogP contribution is -2.52. The zero-order valence-electron chi connectivity index (χ0n) is 22.8. The van der Waals surface area contributed by atoms with E-state index in [1.165, 1.54) is 35.2 Å². The second kappa shape index (κ2) is 14.6. The first-order valence-corrected chi connectivity index (χ1v) is 15.9. The molecule has 0 aromatic heterocycles. The van der Waals surface area contributed by atoms with Gasteiger partial charge in [0.05, 0.1) is 20.6 Å². The molecule has 0 unspecified atom stereocenters. The maximum absolute atomic E-state index is 14.1. The van der Waals surface area contributed by atoms with Crippen LogP contribution in [0.4, 0.5) is 5.69 Å². The number of amides is 2. The Morgan fingerprint density at radius 1 is 0.878 bits per heavy atom. The molecule has 3 aromatic rings. The lowest BCUT2D eigenvalue weighted by molar-refractivity contribution is -0.140. The second-order valence-electron chi connectivity index (χ2n) is 9.36. The van der Waals surface area contributed by atoms with Crippen molar-refractivity contribution in [3.8, 4) is 0 Å². The SMILES string of the molecule is CCCNC(=O)[C@H](CC)N(Cc1c(Cl)cccc1Cl)C(=O)CN(c1ccc(Cl)c(Cl)c1)S(=O)(=O)c1ccc(C)cc1. The predicted octanol–water partition coefficient (Wildman–Crippen LogP) is 7.14. The van der Waals surface area contributed by atoms with Crippen molar-refractivity contribution in [3.63, 3.8) is 0 Å². The zero-order chi connectivity index (χ0) is 30.3. The van der Waals surface area contributed by atoms with Crippen LogP contribution in [0, 0.1) is 6.92 Å². The molecule has 2 amide bonds. The fourth-order valence-electron chi connectivity index (χ4n) is 4.15. The first-order chi connectivity index (χ1) is 19.4. The molecule has 7 nitrogen and oxygen atoms in total. The number of carbonyl (C=O) groups is 2. The minimum absolute atomic E-state index is 0.0181. The van der Waals surface area contributed by atoms with Crippen LogP contribution in [-0.2, 0) is 26.2 Å². The predicted molar refractivity (Wildman–Crippen MR) is 167 cm³/mol. The maximum Gasteiger partial charge on any atom is 0.264 e. The van der Waals surface area contributed by atoms with Crippen LogP contribution in [-0.4, -0.2) is 44.3 Å². The van der Waals surface area contributed by atoms with Crippen LogP contribution >= 0.6 is 46.4 Å². The highest BCUT2D eigenvalue weighted by molar-refractivity contribution is 7.92. The highest BCUT2D eigenvalue weighted by atomic mass is 35.5. The minimum Gasteiger partial charge on any atom is -0.354 e. The Hall–Kier alpha value is -2.49. The summed E-state index contributed by atoms with van der Waals surface area (Å²) in [7, 11) is -4.25. The molecule has 0 spiro atoms. The Balaban J connectivity index is 2.11. The number of nitrogens with one attached hydrogen (secondary N) is 1. The smallest absolute Gasteiger partial charge is 0.264 e. The van der Waals surface area contributed by atoms with Crippen molar-refractivity contribution in [2.24, 2.45) is 0 Å². The molecule has 0 aliphatic heterocycles. The summed E-state index contributed by atoms with van der Waals surface area (Å²) in [5.41, 5.74) is 1.44. The molecule has 1 atom stereocenters. The number of hydrogen-bond acceptors (Lipinski definition) is 4. The first-order valence-electron chi connectivity index (χ1n) is 12.9. The van der Waals surface area contributed by atoms with Gasteiger partial charge >= 0.3 is 0 Å². The molecule has 0 fully saturated rings. The number of halogens is 4. The van der Waals surface area contributed by atoms with E-state index in [2.05, 4.69) is 5.32 Å². The number of sulfonamides is 1. The number of benzene rings is 3. The molecule has 0 saturated heterocycles. The van der Waals surface area contributed by atoms with E-state index < -0.39 is 28.5 Å². The summed E-state index contributed by atoms with van der Waals surface area (Å²) in [6, 6.07) is 14.6. The van der Waals surface area contributed by atoms with Crippen LogP contribution in [0.1, 0.15) is 37.8 Å². The Morgan fingerprint density at radius 3 is 2.07 bits per heavy atom. The fraction of sp³-hybridized carbons (Fsp3) is 0.310. The Kier molecular flexibility index (Phi) is 11.8. The Bertz CT molecular complexity index is 1480. The van der Waals surface area contributed by atoms with Gasteiger partial charge in [0.25, 0.3) is 10.0 Å². The van der Waals surface area contributed by atoms with Crippen molar-refractivity contribution >= 4 is 73.9 Å². The maximum atomic E-state index is 14.1. The van der Waals surface area contributed by atoms with Gasteiger partial charge in [-0.2, -0.15) is 0 Å². The molecule has 3 aromatic carbocycles. The molecule has 220 valence electrons. The van der Waals surface area contributed by atoms with E-state index >= 15 is 0 Å². The number of rotatable bonds is 12. The average molecular weight is 659 g/mol. The molecule has 12 heteroatoms. The number of hydrogen-bond donors (Lipinski definition) is 1. The van der Waals surface area contributed by atoms with E-state index in [0.717, 1.165) is 9.87 Å². The lowest BCUT2D eigenvalue weighted by Gasteiger charge is -2.33. The van der Waals surface area contributed by atoms with Gasteiger partial charge < -0.3 is 10.2 Å². The summed E-state index contributed by atoms with van der Waals surface area (Å²) in [5.74, 6) is -1.01. The van der Waals surface area contributed by atoms with Crippen LogP contribution in [0.25, 0.3) is 0 Å². The average Bonchev–Trinajstić information content (AvgIpc) is 2.93. The van der Waals surface area contributed by atoms with Gasteiger partial charge in [-0.25, -0.2) is 8.42 Å². The number of anilines is 1. The normalized spacial score (nSPS) is 12.1. The van der Waals surface area contributed by atoms with Crippen LogP contribution < -0.4 is 9.62 Å². The summed E-state index contributed by atoms with van der Waals surface area (Å²) in [5, 5.41) is 3.80. The molecule has 0 radical (unpaired) electrons. The van der Waals surface area contributed by atoms with E-state index in [9.17, 15) is 18.0 Å².